The molecule has 0 spiro atoms. The van der Waals surface area contributed by atoms with Gasteiger partial charge in [-0.3, -0.25) is 4.79 Å². The molecule has 0 fully saturated rings. The molecule has 0 aromatic heterocycles. The van der Waals surface area contributed by atoms with Gasteiger partial charge in [-0.1, -0.05) is 29.8 Å². The van der Waals surface area contributed by atoms with Gasteiger partial charge in [0.25, 0.3) is 5.91 Å². The Bertz CT molecular complexity index is 991. The number of benzene rings is 2. The third-order valence-corrected chi connectivity index (χ3v) is 5.48. The van der Waals surface area contributed by atoms with Crippen LogP contribution in [0.2, 0.25) is 0 Å². The Morgan fingerprint density at radius 3 is 2.79 bits per heavy atom. The maximum atomic E-state index is 13.5. The van der Waals surface area contributed by atoms with Crippen molar-refractivity contribution >= 4 is 29.5 Å². The fraction of sp³-hybridized carbons (Fsp3) is 0.238. The number of carbonyl (C=O) groups excluding carboxylic acids is 2. The summed E-state index contributed by atoms with van der Waals surface area (Å²) in [6.07, 6.45) is 1.03. The van der Waals surface area contributed by atoms with Crippen LogP contribution in [0.5, 0.6) is 0 Å². The topological polar surface area (TPSA) is 52.6 Å². The van der Waals surface area contributed by atoms with Gasteiger partial charge >= 0.3 is 0 Å². The quantitative estimate of drug-likeness (QED) is 0.785. The van der Waals surface area contributed by atoms with Gasteiger partial charge in [-0.05, 0) is 41.8 Å². The largest absolute Gasteiger partial charge is 0.324 e. The SMILES string of the molecule is CN1NCC(Cl)=C1c1ccc2c(c1)CN([C@H](C=O)Cc1cccc(F)c1)C2=O. The molecule has 1 atom stereocenters. The van der Waals surface area contributed by atoms with Crippen molar-refractivity contribution in [1.82, 2.24) is 15.3 Å². The Labute approximate surface area is 167 Å². The van der Waals surface area contributed by atoms with Crippen LogP contribution in [0.15, 0.2) is 47.5 Å². The smallest absolute Gasteiger partial charge is 0.255 e. The molecule has 0 saturated heterocycles. The van der Waals surface area contributed by atoms with Crippen molar-refractivity contribution in [2.45, 2.75) is 19.0 Å². The van der Waals surface area contributed by atoms with E-state index in [1.165, 1.54) is 12.1 Å². The highest BCUT2D eigenvalue weighted by Crippen LogP contribution is 2.32. The molecular formula is C21H19ClFN3O2. The number of hydrazine groups is 1. The van der Waals surface area contributed by atoms with E-state index in [9.17, 15) is 14.0 Å². The van der Waals surface area contributed by atoms with Crippen molar-refractivity contribution in [3.8, 4) is 0 Å². The number of nitrogens with zero attached hydrogens (tertiary/aromatic N) is 2. The number of fused-ring (bicyclic) bond motifs is 1. The molecule has 0 radical (unpaired) electrons. The van der Waals surface area contributed by atoms with Gasteiger partial charge in [-0.15, -0.1) is 0 Å². The van der Waals surface area contributed by atoms with Gasteiger partial charge < -0.3 is 14.7 Å². The summed E-state index contributed by atoms with van der Waals surface area (Å²) in [6.45, 7) is 0.902. The zero-order chi connectivity index (χ0) is 19.8. The lowest BCUT2D eigenvalue weighted by atomic mass is 10.0. The molecule has 1 amide bonds. The van der Waals surface area contributed by atoms with Gasteiger partial charge in [-0.25, -0.2) is 9.82 Å². The molecule has 144 valence electrons. The van der Waals surface area contributed by atoms with E-state index in [0.29, 0.717) is 29.2 Å². The lowest BCUT2D eigenvalue weighted by Gasteiger charge is -2.23. The van der Waals surface area contributed by atoms with E-state index in [4.69, 9.17) is 11.6 Å². The standard InChI is InChI=1S/C21H19ClFN3O2/c1-25-20(19(22)10-24-25)14-5-6-18-15(9-14)11-26(21(18)28)17(12-27)8-13-3-2-4-16(23)7-13/h2-7,9,12,17,24H,8,10-11H2,1H3/t17-/m0/s1. The number of aldehydes is 1. The summed E-state index contributed by atoms with van der Waals surface area (Å²) in [4.78, 5) is 26.1. The summed E-state index contributed by atoms with van der Waals surface area (Å²) >= 11 is 6.31. The van der Waals surface area contributed by atoms with Crippen LogP contribution in [0, 0.1) is 5.82 Å². The summed E-state index contributed by atoms with van der Waals surface area (Å²) in [7, 11) is 1.89. The van der Waals surface area contributed by atoms with Crippen molar-refractivity contribution in [1.29, 1.82) is 0 Å². The summed E-state index contributed by atoms with van der Waals surface area (Å²) in [5.41, 5.74) is 7.04. The third-order valence-electron chi connectivity index (χ3n) is 5.17. The van der Waals surface area contributed by atoms with Crippen LogP contribution >= 0.6 is 11.6 Å². The fourth-order valence-electron chi connectivity index (χ4n) is 3.78. The molecule has 28 heavy (non-hydrogen) atoms. The van der Waals surface area contributed by atoms with Crippen molar-refractivity contribution in [2.75, 3.05) is 13.6 Å². The Morgan fingerprint density at radius 1 is 1.29 bits per heavy atom. The Hall–Kier alpha value is -2.70. The molecule has 0 bridgehead atoms. The lowest BCUT2D eigenvalue weighted by Crippen LogP contribution is -2.38. The minimum atomic E-state index is -0.649. The summed E-state index contributed by atoms with van der Waals surface area (Å²) in [6, 6.07) is 11.0. The van der Waals surface area contributed by atoms with Crippen molar-refractivity contribution < 1.29 is 14.0 Å². The van der Waals surface area contributed by atoms with Gasteiger partial charge in [0.2, 0.25) is 0 Å². The first-order chi connectivity index (χ1) is 13.5. The van der Waals surface area contributed by atoms with Gasteiger partial charge in [0.1, 0.15) is 12.1 Å². The predicted octanol–water partition coefficient (Wildman–Crippen LogP) is 2.95. The second-order valence-corrected chi connectivity index (χ2v) is 7.45. The van der Waals surface area contributed by atoms with Crippen LogP contribution in [-0.2, 0) is 17.8 Å². The van der Waals surface area contributed by atoms with E-state index in [-0.39, 0.29) is 18.1 Å². The van der Waals surface area contributed by atoms with E-state index in [1.807, 2.05) is 24.2 Å². The summed E-state index contributed by atoms with van der Waals surface area (Å²) < 4.78 is 13.5. The normalized spacial score (nSPS) is 17.3. The van der Waals surface area contributed by atoms with Crippen LogP contribution in [-0.4, -0.2) is 41.7 Å². The maximum Gasteiger partial charge on any atom is 0.255 e. The van der Waals surface area contributed by atoms with Crippen molar-refractivity contribution in [2.24, 2.45) is 0 Å². The minimum Gasteiger partial charge on any atom is -0.324 e. The highest BCUT2D eigenvalue weighted by molar-refractivity contribution is 6.33. The predicted molar refractivity (Wildman–Crippen MR) is 105 cm³/mol. The van der Waals surface area contributed by atoms with E-state index in [1.54, 1.807) is 23.1 Å². The molecule has 0 saturated carbocycles. The number of halogens is 2. The van der Waals surface area contributed by atoms with E-state index in [0.717, 1.165) is 23.1 Å². The second-order valence-electron chi connectivity index (χ2n) is 6.99. The molecule has 2 aliphatic heterocycles. The Morgan fingerprint density at radius 2 is 2.11 bits per heavy atom. The van der Waals surface area contributed by atoms with Crippen LogP contribution < -0.4 is 5.43 Å². The molecule has 2 aromatic rings. The van der Waals surface area contributed by atoms with Crippen LogP contribution in [0.3, 0.4) is 0 Å². The first-order valence-corrected chi connectivity index (χ1v) is 9.35. The average molecular weight is 400 g/mol. The fourth-order valence-corrected chi connectivity index (χ4v) is 4.07. The number of hydrogen-bond donors (Lipinski definition) is 1. The van der Waals surface area contributed by atoms with Gasteiger partial charge in [0.05, 0.1) is 23.3 Å². The maximum absolute atomic E-state index is 13.5. The first-order valence-electron chi connectivity index (χ1n) is 8.98. The number of amides is 1. The Balaban J connectivity index is 1.59. The molecule has 1 N–H and O–H groups in total. The second kappa shape index (κ2) is 7.37. The van der Waals surface area contributed by atoms with Crippen LogP contribution in [0.1, 0.15) is 27.0 Å². The lowest BCUT2D eigenvalue weighted by molar-refractivity contribution is -0.111. The van der Waals surface area contributed by atoms with Crippen molar-refractivity contribution in [3.05, 3.63) is 75.6 Å². The molecule has 2 aromatic carbocycles. The molecule has 4 rings (SSSR count). The van der Waals surface area contributed by atoms with E-state index >= 15 is 0 Å². The highest BCUT2D eigenvalue weighted by Gasteiger charge is 2.33. The zero-order valence-corrected chi connectivity index (χ0v) is 16.0. The van der Waals surface area contributed by atoms with Crippen LogP contribution in [0.4, 0.5) is 4.39 Å². The molecule has 0 aliphatic carbocycles. The third kappa shape index (κ3) is 3.30. The van der Waals surface area contributed by atoms with Gasteiger partial charge in [0.15, 0.2) is 0 Å². The summed E-state index contributed by atoms with van der Waals surface area (Å²) in [5.74, 6) is -0.546. The number of hydrogen-bond acceptors (Lipinski definition) is 4. The Kier molecular flexibility index (Phi) is 4.91. The minimum absolute atomic E-state index is 0.187. The highest BCUT2D eigenvalue weighted by atomic mass is 35.5. The molecule has 2 heterocycles. The van der Waals surface area contributed by atoms with Crippen LogP contribution in [0.25, 0.3) is 5.70 Å². The summed E-state index contributed by atoms with van der Waals surface area (Å²) in [5, 5.41) is 2.57. The molecular weight excluding hydrogens is 381 g/mol. The molecule has 0 unspecified atom stereocenters. The van der Waals surface area contributed by atoms with E-state index in [2.05, 4.69) is 5.43 Å². The number of carbonyl (C=O) groups is 2. The number of nitrogens with one attached hydrogen (secondary N) is 1. The van der Waals surface area contributed by atoms with E-state index < -0.39 is 6.04 Å². The first kappa shape index (κ1) is 18.7. The average Bonchev–Trinajstić information content (AvgIpc) is 3.18. The van der Waals surface area contributed by atoms with Gasteiger partial charge in [-0.2, -0.15) is 0 Å². The van der Waals surface area contributed by atoms with Gasteiger partial charge in [0, 0.05) is 24.7 Å². The molecule has 7 heteroatoms. The molecule has 5 nitrogen and oxygen atoms in total. The van der Waals surface area contributed by atoms with Crippen molar-refractivity contribution in [3.63, 3.8) is 0 Å². The zero-order valence-electron chi connectivity index (χ0n) is 15.3. The molecule has 2 aliphatic rings. The monoisotopic (exact) mass is 399 g/mol. The number of rotatable bonds is 5.